The first kappa shape index (κ1) is 13.3. The summed E-state index contributed by atoms with van der Waals surface area (Å²) in [7, 11) is 1.60. The number of benzene rings is 2. The second-order valence-corrected chi connectivity index (χ2v) is 4.89. The average molecular weight is 275 g/mol. The Hall–Kier alpha value is -2.14. The number of methoxy groups -OCH3 is 1. The average Bonchev–Trinajstić information content (AvgIpc) is 2.41. The summed E-state index contributed by atoms with van der Waals surface area (Å²) in [6, 6.07) is 12.2. The van der Waals surface area contributed by atoms with E-state index in [9.17, 15) is 4.79 Å². The van der Waals surface area contributed by atoms with E-state index in [1.165, 1.54) is 11.8 Å². The molecule has 2 aromatic rings. The van der Waals surface area contributed by atoms with Crippen LogP contribution in [0.1, 0.15) is 10.4 Å². The molecule has 0 saturated carbocycles. The van der Waals surface area contributed by atoms with Gasteiger partial charge in [0, 0.05) is 15.5 Å². The molecule has 0 fully saturated rings. The quantitative estimate of drug-likeness (QED) is 0.839. The molecule has 0 aromatic heterocycles. The van der Waals surface area contributed by atoms with Crippen molar-refractivity contribution in [2.75, 3.05) is 12.8 Å². The molecule has 98 valence electrons. The lowest BCUT2D eigenvalue weighted by atomic mass is 10.2. The summed E-state index contributed by atoms with van der Waals surface area (Å²) in [5.41, 5.74) is 6.52. The Labute approximate surface area is 115 Å². The van der Waals surface area contributed by atoms with E-state index in [4.69, 9.17) is 15.6 Å². The smallest absolute Gasteiger partial charge is 0.336 e. The van der Waals surface area contributed by atoms with Crippen LogP contribution in [0.3, 0.4) is 0 Å². The fourth-order valence-electron chi connectivity index (χ4n) is 1.60. The van der Waals surface area contributed by atoms with Crippen LogP contribution in [-0.2, 0) is 0 Å². The molecule has 3 N–H and O–H groups in total. The van der Waals surface area contributed by atoms with Crippen molar-refractivity contribution in [2.24, 2.45) is 0 Å². The van der Waals surface area contributed by atoms with Crippen LogP contribution in [0.5, 0.6) is 5.75 Å². The van der Waals surface area contributed by atoms with Crippen molar-refractivity contribution in [3.63, 3.8) is 0 Å². The van der Waals surface area contributed by atoms with Crippen molar-refractivity contribution >= 4 is 23.4 Å². The third kappa shape index (κ3) is 3.00. The molecular weight excluding hydrogens is 262 g/mol. The number of anilines is 1. The van der Waals surface area contributed by atoms with Gasteiger partial charge in [-0.3, -0.25) is 0 Å². The van der Waals surface area contributed by atoms with Crippen LogP contribution >= 0.6 is 11.8 Å². The Bertz CT molecular complexity index is 596. The maximum atomic E-state index is 11.2. The van der Waals surface area contributed by atoms with Gasteiger partial charge in [0.25, 0.3) is 0 Å². The third-order valence-electron chi connectivity index (χ3n) is 2.56. The van der Waals surface area contributed by atoms with Crippen molar-refractivity contribution in [3.8, 4) is 5.75 Å². The summed E-state index contributed by atoms with van der Waals surface area (Å²) in [6.45, 7) is 0. The Morgan fingerprint density at radius 1 is 1.21 bits per heavy atom. The summed E-state index contributed by atoms with van der Waals surface area (Å²) >= 11 is 1.33. The van der Waals surface area contributed by atoms with Crippen LogP contribution in [0, 0.1) is 0 Å². The van der Waals surface area contributed by atoms with Gasteiger partial charge in [-0.15, -0.1) is 0 Å². The van der Waals surface area contributed by atoms with Crippen molar-refractivity contribution < 1.29 is 14.6 Å². The third-order valence-corrected chi connectivity index (χ3v) is 3.72. The van der Waals surface area contributed by atoms with Crippen LogP contribution in [0.4, 0.5) is 5.69 Å². The first-order chi connectivity index (χ1) is 9.11. The Kier molecular flexibility index (Phi) is 3.97. The minimum atomic E-state index is -0.983. The summed E-state index contributed by atoms with van der Waals surface area (Å²) in [5.74, 6) is -0.229. The van der Waals surface area contributed by atoms with Gasteiger partial charge in [-0.1, -0.05) is 17.8 Å². The molecule has 2 aromatic carbocycles. The zero-order valence-electron chi connectivity index (χ0n) is 10.3. The van der Waals surface area contributed by atoms with Gasteiger partial charge in [-0.2, -0.15) is 0 Å². The van der Waals surface area contributed by atoms with Gasteiger partial charge in [-0.05, 0) is 36.4 Å². The van der Waals surface area contributed by atoms with Gasteiger partial charge in [-0.25, -0.2) is 4.79 Å². The van der Waals surface area contributed by atoms with E-state index < -0.39 is 5.97 Å². The lowest BCUT2D eigenvalue weighted by molar-refractivity contribution is 0.0693. The molecule has 0 heterocycles. The van der Waals surface area contributed by atoms with E-state index in [0.29, 0.717) is 10.6 Å². The molecule has 2 rings (SSSR count). The lowest BCUT2D eigenvalue weighted by Gasteiger charge is -2.09. The van der Waals surface area contributed by atoms with Crippen LogP contribution in [0.2, 0.25) is 0 Å². The van der Waals surface area contributed by atoms with Crippen LogP contribution < -0.4 is 10.5 Å². The van der Waals surface area contributed by atoms with E-state index in [2.05, 4.69) is 0 Å². The van der Waals surface area contributed by atoms with Gasteiger partial charge >= 0.3 is 5.97 Å². The van der Waals surface area contributed by atoms with Crippen LogP contribution in [0.15, 0.2) is 52.3 Å². The van der Waals surface area contributed by atoms with Gasteiger partial charge in [0.2, 0.25) is 0 Å². The number of hydrogen-bond acceptors (Lipinski definition) is 4. The van der Waals surface area contributed by atoms with E-state index >= 15 is 0 Å². The maximum Gasteiger partial charge on any atom is 0.336 e. The predicted molar refractivity (Wildman–Crippen MR) is 74.9 cm³/mol. The number of ether oxygens (including phenoxy) is 1. The van der Waals surface area contributed by atoms with E-state index in [-0.39, 0.29) is 5.56 Å². The lowest BCUT2D eigenvalue weighted by Crippen LogP contribution is -2.01. The highest BCUT2D eigenvalue weighted by molar-refractivity contribution is 7.99. The van der Waals surface area contributed by atoms with Gasteiger partial charge in [0.15, 0.2) is 0 Å². The van der Waals surface area contributed by atoms with Gasteiger partial charge in [0.05, 0.1) is 12.7 Å². The number of hydrogen-bond donors (Lipinski definition) is 2. The largest absolute Gasteiger partial charge is 0.497 e. The van der Waals surface area contributed by atoms with Crippen LogP contribution in [0.25, 0.3) is 0 Å². The highest BCUT2D eigenvalue weighted by Crippen LogP contribution is 2.35. The van der Waals surface area contributed by atoms with Crippen molar-refractivity contribution in [2.45, 2.75) is 9.79 Å². The standard InChI is InChI=1S/C14H13NO3S/c1-18-9-5-7-10(8-6-9)19-13-11(14(16)17)3-2-4-12(13)15/h2-8H,15H2,1H3,(H,16,17). The molecule has 0 aliphatic carbocycles. The first-order valence-electron chi connectivity index (χ1n) is 5.55. The Balaban J connectivity index is 2.34. The highest BCUT2D eigenvalue weighted by Gasteiger charge is 2.13. The molecule has 0 saturated heterocycles. The summed E-state index contributed by atoms with van der Waals surface area (Å²) in [5, 5.41) is 9.16. The van der Waals surface area contributed by atoms with Crippen molar-refractivity contribution in [1.82, 2.24) is 0 Å². The monoisotopic (exact) mass is 275 g/mol. The van der Waals surface area contributed by atoms with E-state index in [1.807, 2.05) is 24.3 Å². The number of aromatic carboxylic acids is 1. The SMILES string of the molecule is COc1ccc(Sc2c(N)cccc2C(=O)O)cc1. The van der Waals surface area contributed by atoms with Crippen molar-refractivity contribution in [1.29, 1.82) is 0 Å². The maximum absolute atomic E-state index is 11.2. The van der Waals surface area contributed by atoms with Crippen LogP contribution in [-0.4, -0.2) is 18.2 Å². The molecule has 0 spiro atoms. The molecule has 0 aliphatic heterocycles. The minimum absolute atomic E-state index is 0.209. The molecule has 0 unspecified atom stereocenters. The molecule has 0 radical (unpaired) electrons. The van der Waals surface area contributed by atoms with Gasteiger partial charge in [0.1, 0.15) is 5.75 Å². The fourth-order valence-corrected chi connectivity index (χ4v) is 2.56. The number of carbonyl (C=O) groups is 1. The molecular formula is C14H13NO3S. The minimum Gasteiger partial charge on any atom is -0.497 e. The van der Waals surface area contributed by atoms with E-state index in [1.54, 1.807) is 25.3 Å². The summed E-state index contributed by atoms with van der Waals surface area (Å²) in [6.07, 6.45) is 0. The number of carboxylic acids is 1. The summed E-state index contributed by atoms with van der Waals surface area (Å²) < 4.78 is 5.08. The molecule has 0 bridgehead atoms. The highest BCUT2D eigenvalue weighted by atomic mass is 32.2. The number of rotatable bonds is 4. The second kappa shape index (κ2) is 5.67. The first-order valence-corrected chi connectivity index (χ1v) is 6.37. The molecule has 0 atom stereocenters. The summed E-state index contributed by atoms with van der Waals surface area (Å²) in [4.78, 5) is 12.6. The fraction of sp³-hybridized carbons (Fsp3) is 0.0714. The predicted octanol–water partition coefficient (Wildman–Crippen LogP) is 3.13. The number of nitrogens with two attached hydrogens (primary N) is 1. The Morgan fingerprint density at radius 3 is 2.47 bits per heavy atom. The molecule has 0 amide bonds. The van der Waals surface area contributed by atoms with Crippen molar-refractivity contribution in [3.05, 3.63) is 48.0 Å². The second-order valence-electron chi connectivity index (χ2n) is 3.81. The van der Waals surface area contributed by atoms with Gasteiger partial charge < -0.3 is 15.6 Å². The molecule has 19 heavy (non-hydrogen) atoms. The topological polar surface area (TPSA) is 72.5 Å². The zero-order valence-corrected chi connectivity index (χ0v) is 11.1. The number of carboxylic acid groups (broad SMARTS) is 1. The molecule has 4 nitrogen and oxygen atoms in total. The normalized spacial score (nSPS) is 10.2. The van der Waals surface area contributed by atoms with E-state index in [0.717, 1.165) is 10.6 Å². The molecule has 0 aliphatic rings. The number of nitrogen functional groups attached to an aromatic ring is 1. The zero-order chi connectivity index (χ0) is 13.8. The molecule has 5 heteroatoms. The Morgan fingerprint density at radius 2 is 1.89 bits per heavy atom.